The summed E-state index contributed by atoms with van der Waals surface area (Å²) in [6.07, 6.45) is 0. The number of halogens is 2. The van der Waals surface area contributed by atoms with Crippen molar-refractivity contribution in [1.29, 1.82) is 0 Å². The van der Waals surface area contributed by atoms with Crippen LogP contribution >= 0.6 is 27.3 Å². The van der Waals surface area contributed by atoms with Gasteiger partial charge in [0.1, 0.15) is 10.8 Å². The smallest absolute Gasteiger partial charge is 0.150 e. The minimum atomic E-state index is -0.301. The summed E-state index contributed by atoms with van der Waals surface area (Å²) in [4.78, 5) is 0. The van der Waals surface area contributed by atoms with Crippen molar-refractivity contribution < 1.29 is 9.13 Å². The summed E-state index contributed by atoms with van der Waals surface area (Å²) >= 11 is 4.61. The third-order valence-electron chi connectivity index (χ3n) is 2.39. The van der Waals surface area contributed by atoms with Crippen molar-refractivity contribution >= 4 is 27.3 Å². The third-order valence-corrected chi connectivity index (χ3v) is 3.84. The molecule has 19 heavy (non-hydrogen) atoms. The second kappa shape index (κ2) is 7.04. The van der Waals surface area contributed by atoms with Crippen LogP contribution < -0.4 is 5.32 Å². The highest BCUT2D eigenvalue weighted by Gasteiger charge is 2.11. The molecule has 1 heterocycles. The minimum absolute atomic E-state index is 0.301. The van der Waals surface area contributed by atoms with E-state index < -0.39 is 0 Å². The summed E-state index contributed by atoms with van der Waals surface area (Å²) in [6, 6.07) is 4.91. The summed E-state index contributed by atoms with van der Waals surface area (Å²) in [6.45, 7) is 2.00. The fourth-order valence-electron chi connectivity index (χ4n) is 1.47. The molecular formula is C12H13BrFN3OS. The Balaban J connectivity index is 2.04. The van der Waals surface area contributed by atoms with E-state index in [0.29, 0.717) is 28.2 Å². The maximum atomic E-state index is 13.8. The van der Waals surface area contributed by atoms with Crippen molar-refractivity contribution in [3.05, 3.63) is 33.5 Å². The Morgan fingerprint density at radius 1 is 1.42 bits per heavy atom. The van der Waals surface area contributed by atoms with Crippen molar-refractivity contribution in [3.8, 4) is 10.6 Å². The molecule has 0 saturated heterocycles. The molecule has 0 saturated carbocycles. The van der Waals surface area contributed by atoms with E-state index in [1.54, 1.807) is 19.2 Å². The molecule has 1 N–H and O–H groups in total. The number of methoxy groups -OCH3 is 1. The van der Waals surface area contributed by atoms with Crippen LogP contribution in [0.15, 0.2) is 22.7 Å². The number of aromatic nitrogens is 2. The highest BCUT2D eigenvalue weighted by molar-refractivity contribution is 9.10. The molecule has 0 spiro atoms. The van der Waals surface area contributed by atoms with Crippen LogP contribution in [0.5, 0.6) is 0 Å². The number of nitrogens with one attached hydrogen (secondary N) is 1. The van der Waals surface area contributed by atoms with Gasteiger partial charge in [-0.1, -0.05) is 27.3 Å². The molecule has 2 aromatic rings. The Labute approximate surface area is 123 Å². The lowest BCUT2D eigenvalue weighted by molar-refractivity contribution is 0.199. The van der Waals surface area contributed by atoms with E-state index in [9.17, 15) is 4.39 Å². The second-order valence-electron chi connectivity index (χ2n) is 3.79. The Morgan fingerprint density at radius 3 is 3.00 bits per heavy atom. The van der Waals surface area contributed by atoms with Crippen LogP contribution in [0.2, 0.25) is 0 Å². The molecule has 0 amide bonds. The van der Waals surface area contributed by atoms with Crippen molar-refractivity contribution in [2.24, 2.45) is 0 Å². The van der Waals surface area contributed by atoms with Gasteiger partial charge in [0.25, 0.3) is 0 Å². The number of rotatable bonds is 6. The number of hydrogen-bond acceptors (Lipinski definition) is 5. The number of nitrogens with zero attached hydrogens (tertiary/aromatic N) is 2. The molecule has 0 aliphatic carbocycles. The molecule has 0 radical (unpaired) electrons. The van der Waals surface area contributed by atoms with Crippen LogP contribution in [-0.4, -0.2) is 30.5 Å². The van der Waals surface area contributed by atoms with Gasteiger partial charge in [0.2, 0.25) is 0 Å². The monoisotopic (exact) mass is 345 g/mol. The zero-order valence-corrected chi connectivity index (χ0v) is 12.7. The highest BCUT2D eigenvalue weighted by Crippen LogP contribution is 2.27. The average Bonchev–Trinajstić information content (AvgIpc) is 2.83. The quantitative estimate of drug-likeness (QED) is 0.817. The lowest BCUT2D eigenvalue weighted by Gasteiger charge is -2.00. The average molecular weight is 346 g/mol. The molecule has 1 aromatic carbocycles. The van der Waals surface area contributed by atoms with Gasteiger partial charge in [0.15, 0.2) is 5.01 Å². The lowest BCUT2D eigenvalue weighted by Crippen LogP contribution is -2.18. The first-order valence-electron chi connectivity index (χ1n) is 5.68. The SMILES string of the molecule is COCCNCc1nnc(-c2ccc(Br)cc2F)s1. The van der Waals surface area contributed by atoms with E-state index in [-0.39, 0.29) is 5.82 Å². The van der Waals surface area contributed by atoms with Gasteiger partial charge in [-0.3, -0.25) is 0 Å². The normalized spacial score (nSPS) is 10.9. The fraction of sp³-hybridized carbons (Fsp3) is 0.333. The molecule has 0 atom stereocenters. The number of benzene rings is 1. The fourth-order valence-corrected chi connectivity index (χ4v) is 2.64. The number of hydrogen-bond donors (Lipinski definition) is 1. The van der Waals surface area contributed by atoms with Crippen molar-refractivity contribution in [1.82, 2.24) is 15.5 Å². The van der Waals surface area contributed by atoms with Crippen molar-refractivity contribution in [2.45, 2.75) is 6.54 Å². The van der Waals surface area contributed by atoms with E-state index in [2.05, 4.69) is 31.4 Å². The van der Waals surface area contributed by atoms with Gasteiger partial charge in [0, 0.05) is 30.2 Å². The Bertz CT molecular complexity index is 550. The largest absolute Gasteiger partial charge is 0.383 e. The third kappa shape index (κ3) is 4.04. The predicted octanol–water partition coefficient (Wildman–Crippen LogP) is 2.84. The molecule has 0 bridgehead atoms. The zero-order chi connectivity index (χ0) is 13.7. The summed E-state index contributed by atoms with van der Waals surface area (Å²) in [5.41, 5.74) is 0.476. The van der Waals surface area contributed by atoms with Gasteiger partial charge in [-0.15, -0.1) is 10.2 Å². The maximum Gasteiger partial charge on any atom is 0.150 e. The Hall–Kier alpha value is -0.890. The maximum absolute atomic E-state index is 13.8. The van der Waals surface area contributed by atoms with E-state index >= 15 is 0 Å². The lowest BCUT2D eigenvalue weighted by atomic mass is 10.2. The van der Waals surface area contributed by atoms with Gasteiger partial charge >= 0.3 is 0 Å². The Morgan fingerprint density at radius 2 is 2.26 bits per heavy atom. The molecule has 0 fully saturated rings. The molecule has 2 rings (SSSR count). The first-order chi connectivity index (χ1) is 9.20. The van der Waals surface area contributed by atoms with Crippen LogP contribution in [0.1, 0.15) is 5.01 Å². The van der Waals surface area contributed by atoms with E-state index in [1.165, 1.54) is 17.4 Å². The van der Waals surface area contributed by atoms with Crippen molar-refractivity contribution in [2.75, 3.05) is 20.3 Å². The summed E-state index contributed by atoms with van der Waals surface area (Å²) in [5.74, 6) is -0.301. The summed E-state index contributed by atoms with van der Waals surface area (Å²) in [5, 5.41) is 12.6. The molecule has 102 valence electrons. The standard InChI is InChI=1S/C12H13BrFN3OS/c1-18-5-4-15-7-11-16-17-12(19-11)9-3-2-8(13)6-10(9)14/h2-3,6,15H,4-5,7H2,1H3. The molecular weight excluding hydrogens is 333 g/mol. The predicted molar refractivity (Wildman–Crippen MR) is 76.6 cm³/mol. The summed E-state index contributed by atoms with van der Waals surface area (Å²) in [7, 11) is 1.65. The molecule has 0 aliphatic rings. The molecule has 4 nitrogen and oxygen atoms in total. The van der Waals surface area contributed by atoms with Gasteiger partial charge in [-0.05, 0) is 18.2 Å². The molecule has 0 aliphatic heterocycles. The van der Waals surface area contributed by atoms with Gasteiger partial charge in [-0.2, -0.15) is 0 Å². The Kier molecular flexibility index (Phi) is 5.38. The minimum Gasteiger partial charge on any atom is -0.383 e. The molecule has 0 unspecified atom stereocenters. The van der Waals surface area contributed by atoms with E-state index in [4.69, 9.17) is 4.74 Å². The zero-order valence-electron chi connectivity index (χ0n) is 10.3. The highest BCUT2D eigenvalue weighted by atomic mass is 79.9. The van der Waals surface area contributed by atoms with Crippen LogP contribution in [0.4, 0.5) is 4.39 Å². The topological polar surface area (TPSA) is 47.0 Å². The molecule has 1 aromatic heterocycles. The van der Waals surface area contributed by atoms with Gasteiger partial charge in [0.05, 0.1) is 6.61 Å². The molecule has 7 heteroatoms. The van der Waals surface area contributed by atoms with Crippen LogP contribution in [0.3, 0.4) is 0 Å². The number of ether oxygens (including phenoxy) is 1. The first-order valence-corrected chi connectivity index (χ1v) is 7.29. The first kappa shape index (κ1) is 14.5. The van der Waals surface area contributed by atoms with Crippen molar-refractivity contribution in [3.63, 3.8) is 0 Å². The van der Waals surface area contributed by atoms with Crippen LogP contribution in [-0.2, 0) is 11.3 Å². The van der Waals surface area contributed by atoms with Gasteiger partial charge < -0.3 is 10.1 Å². The van der Waals surface area contributed by atoms with E-state index in [0.717, 1.165) is 11.6 Å². The summed E-state index contributed by atoms with van der Waals surface area (Å²) < 4.78 is 19.4. The second-order valence-corrected chi connectivity index (χ2v) is 5.77. The van der Waals surface area contributed by atoms with Crippen LogP contribution in [0.25, 0.3) is 10.6 Å². The van der Waals surface area contributed by atoms with E-state index in [1.807, 2.05) is 0 Å². The van der Waals surface area contributed by atoms with Gasteiger partial charge in [-0.25, -0.2) is 4.39 Å². The van der Waals surface area contributed by atoms with Crippen LogP contribution in [0, 0.1) is 5.82 Å².